The molecule has 0 aliphatic carbocycles. The van der Waals surface area contributed by atoms with E-state index in [0.717, 1.165) is 16.4 Å². The van der Waals surface area contributed by atoms with Crippen molar-refractivity contribution in [3.63, 3.8) is 0 Å². The van der Waals surface area contributed by atoms with Crippen molar-refractivity contribution in [3.8, 4) is 0 Å². The van der Waals surface area contributed by atoms with Gasteiger partial charge in [-0.25, -0.2) is 4.39 Å². The van der Waals surface area contributed by atoms with Crippen LogP contribution in [0.2, 0.25) is 0 Å². The second kappa shape index (κ2) is 6.14. The number of benzene rings is 2. The average Bonchev–Trinajstić information content (AvgIpc) is 2.42. The maximum absolute atomic E-state index is 12.9. The zero-order valence-electron chi connectivity index (χ0n) is 11.0. The standard InChI is InChI=1S/C15H17FNOP/c1-17-15(11-3-7-13(16)8-4-11)12-5-9-14(10-6-12)19(2)18/h3-10,15,17,19H,1-2H3/t15-/m1/s1. The lowest BCUT2D eigenvalue weighted by molar-refractivity contribution is 0.596. The lowest BCUT2D eigenvalue weighted by Crippen LogP contribution is -2.18. The first-order valence-corrected chi connectivity index (χ1v) is 8.06. The summed E-state index contributed by atoms with van der Waals surface area (Å²) in [6.07, 6.45) is 0. The molecule has 0 heterocycles. The van der Waals surface area contributed by atoms with Gasteiger partial charge in [-0.3, -0.25) is 0 Å². The second-order valence-corrected chi connectivity index (χ2v) is 6.14. The molecule has 100 valence electrons. The van der Waals surface area contributed by atoms with E-state index in [1.165, 1.54) is 12.1 Å². The molecule has 0 bridgehead atoms. The van der Waals surface area contributed by atoms with Crippen LogP contribution in [0.1, 0.15) is 17.2 Å². The fourth-order valence-electron chi connectivity index (χ4n) is 2.09. The molecule has 19 heavy (non-hydrogen) atoms. The van der Waals surface area contributed by atoms with Gasteiger partial charge in [0.15, 0.2) is 0 Å². The Morgan fingerprint density at radius 2 is 1.47 bits per heavy atom. The summed E-state index contributed by atoms with van der Waals surface area (Å²) < 4.78 is 24.4. The topological polar surface area (TPSA) is 29.1 Å². The summed E-state index contributed by atoms with van der Waals surface area (Å²) in [7, 11) is 0.215. The molecule has 0 saturated carbocycles. The molecular weight excluding hydrogens is 260 g/mol. The molecule has 2 aromatic rings. The molecule has 0 fully saturated rings. The Hall–Kier alpha value is -1.44. The Kier molecular flexibility index (Phi) is 4.52. The van der Waals surface area contributed by atoms with Crippen molar-refractivity contribution in [1.29, 1.82) is 0 Å². The summed E-state index contributed by atoms with van der Waals surface area (Å²) in [6.45, 7) is 1.73. The highest BCUT2D eigenvalue weighted by Crippen LogP contribution is 2.23. The smallest absolute Gasteiger partial charge is 0.123 e. The summed E-state index contributed by atoms with van der Waals surface area (Å²) in [5, 5.41) is 4.09. The number of rotatable bonds is 4. The summed E-state index contributed by atoms with van der Waals surface area (Å²) in [6, 6.07) is 14.2. The van der Waals surface area contributed by atoms with E-state index in [1.807, 2.05) is 31.3 Å². The first kappa shape index (κ1) is 14.0. The first-order chi connectivity index (χ1) is 9.11. The Balaban J connectivity index is 2.31. The molecule has 0 amide bonds. The molecule has 0 spiro atoms. The summed E-state index contributed by atoms with van der Waals surface area (Å²) in [5.41, 5.74) is 2.07. The molecule has 2 aromatic carbocycles. The first-order valence-electron chi connectivity index (χ1n) is 6.15. The van der Waals surface area contributed by atoms with Crippen LogP contribution in [-0.2, 0) is 4.57 Å². The van der Waals surface area contributed by atoms with Gasteiger partial charge in [0.05, 0.1) is 6.04 Å². The van der Waals surface area contributed by atoms with Crippen LogP contribution in [0, 0.1) is 5.82 Å². The minimum Gasteiger partial charge on any atom is -0.322 e. The average molecular weight is 277 g/mol. The molecule has 2 nitrogen and oxygen atoms in total. The molecule has 0 aliphatic heterocycles. The van der Waals surface area contributed by atoms with Crippen molar-refractivity contribution in [3.05, 3.63) is 65.5 Å². The van der Waals surface area contributed by atoms with E-state index < -0.39 is 7.80 Å². The molecular formula is C15H17FNOP. The van der Waals surface area contributed by atoms with E-state index in [-0.39, 0.29) is 11.9 Å². The normalized spacial score (nSPS) is 14.1. The highest BCUT2D eigenvalue weighted by molar-refractivity contribution is 7.52. The van der Waals surface area contributed by atoms with Crippen molar-refractivity contribution < 1.29 is 8.96 Å². The third-order valence-corrected chi connectivity index (χ3v) is 4.29. The Bertz CT molecular complexity index is 566. The third kappa shape index (κ3) is 3.31. The van der Waals surface area contributed by atoms with Crippen molar-refractivity contribution >= 4 is 13.1 Å². The van der Waals surface area contributed by atoms with Gasteiger partial charge in [-0.2, -0.15) is 0 Å². The minimum absolute atomic E-state index is 0.00818. The fourth-order valence-corrected chi connectivity index (χ4v) is 2.73. The number of nitrogens with one attached hydrogen (secondary N) is 1. The third-order valence-electron chi connectivity index (χ3n) is 3.14. The fraction of sp³-hybridized carbons (Fsp3) is 0.200. The van der Waals surface area contributed by atoms with Crippen molar-refractivity contribution in [2.45, 2.75) is 6.04 Å². The molecule has 4 heteroatoms. The van der Waals surface area contributed by atoms with Gasteiger partial charge in [0.25, 0.3) is 0 Å². The Morgan fingerprint density at radius 3 is 1.89 bits per heavy atom. The van der Waals surface area contributed by atoms with E-state index in [4.69, 9.17) is 0 Å². The second-order valence-electron chi connectivity index (χ2n) is 4.45. The van der Waals surface area contributed by atoms with Crippen LogP contribution in [-0.4, -0.2) is 13.7 Å². The zero-order valence-corrected chi connectivity index (χ0v) is 12.0. The van der Waals surface area contributed by atoms with Crippen molar-refractivity contribution in [2.75, 3.05) is 13.7 Å². The van der Waals surface area contributed by atoms with Crippen molar-refractivity contribution in [1.82, 2.24) is 5.32 Å². The summed E-state index contributed by atoms with van der Waals surface area (Å²) in [5.74, 6) is -0.237. The molecule has 2 atom stereocenters. The monoisotopic (exact) mass is 277 g/mol. The van der Waals surface area contributed by atoms with E-state index >= 15 is 0 Å². The van der Waals surface area contributed by atoms with Gasteiger partial charge in [-0.05, 0) is 37.0 Å². The lowest BCUT2D eigenvalue weighted by atomic mass is 9.99. The summed E-state index contributed by atoms with van der Waals surface area (Å²) >= 11 is 0. The molecule has 0 aliphatic rings. The highest BCUT2D eigenvalue weighted by atomic mass is 31.1. The maximum atomic E-state index is 12.9. The van der Waals surface area contributed by atoms with Crippen LogP contribution in [0.3, 0.4) is 0 Å². The van der Waals surface area contributed by atoms with E-state index in [1.54, 1.807) is 18.8 Å². The van der Waals surface area contributed by atoms with Gasteiger partial charge in [0, 0.05) is 5.30 Å². The van der Waals surface area contributed by atoms with Crippen LogP contribution < -0.4 is 10.6 Å². The zero-order chi connectivity index (χ0) is 13.8. The number of hydrogen-bond donors (Lipinski definition) is 1. The van der Waals surface area contributed by atoms with E-state index in [0.29, 0.717) is 0 Å². The van der Waals surface area contributed by atoms with Gasteiger partial charge in [0.1, 0.15) is 13.6 Å². The maximum Gasteiger partial charge on any atom is 0.123 e. The van der Waals surface area contributed by atoms with Gasteiger partial charge in [-0.1, -0.05) is 36.4 Å². The Morgan fingerprint density at radius 1 is 1.00 bits per heavy atom. The number of hydrogen-bond acceptors (Lipinski definition) is 2. The molecule has 2 rings (SSSR count). The molecule has 1 unspecified atom stereocenters. The van der Waals surface area contributed by atoms with Gasteiger partial charge < -0.3 is 9.88 Å². The van der Waals surface area contributed by atoms with E-state index in [9.17, 15) is 8.96 Å². The van der Waals surface area contributed by atoms with Crippen LogP contribution in [0.15, 0.2) is 48.5 Å². The SMILES string of the molecule is CN[C@H](c1ccc(F)cc1)c1ccc([PH](C)=O)cc1. The number of halogens is 1. The minimum atomic E-state index is -1.65. The molecule has 1 N–H and O–H groups in total. The van der Waals surface area contributed by atoms with Crippen molar-refractivity contribution in [2.24, 2.45) is 0 Å². The van der Waals surface area contributed by atoms with E-state index in [2.05, 4.69) is 5.32 Å². The van der Waals surface area contributed by atoms with Crippen LogP contribution in [0.4, 0.5) is 4.39 Å². The van der Waals surface area contributed by atoms with Crippen LogP contribution in [0.25, 0.3) is 0 Å². The lowest BCUT2D eigenvalue weighted by Gasteiger charge is -2.17. The van der Waals surface area contributed by atoms with Crippen LogP contribution >= 0.6 is 7.80 Å². The molecule has 0 saturated heterocycles. The largest absolute Gasteiger partial charge is 0.322 e. The van der Waals surface area contributed by atoms with Crippen LogP contribution in [0.5, 0.6) is 0 Å². The predicted octanol–water partition coefficient (Wildman–Crippen LogP) is 2.95. The predicted molar refractivity (Wildman–Crippen MR) is 78.3 cm³/mol. The Labute approximate surface area is 113 Å². The highest BCUT2D eigenvalue weighted by Gasteiger charge is 2.12. The molecule has 0 radical (unpaired) electrons. The van der Waals surface area contributed by atoms with Gasteiger partial charge in [-0.15, -0.1) is 0 Å². The summed E-state index contributed by atoms with van der Waals surface area (Å²) in [4.78, 5) is 0. The quantitative estimate of drug-likeness (QED) is 0.871. The molecule has 0 aromatic heterocycles. The van der Waals surface area contributed by atoms with Gasteiger partial charge >= 0.3 is 0 Å². The van der Waals surface area contributed by atoms with Gasteiger partial charge in [0.2, 0.25) is 0 Å².